The Morgan fingerprint density at radius 2 is 2.00 bits per heavy atom. The summed E-state index contributed by atoms with van der Waals surface area (Å²) < 4.78 is 5.45. The Bertz CT molecular complexity index is 787. The monoisotopic (exact) mass is 327 g/mol. The number of benzene rings is 2. The molecule has 0 aromatic heterocycles. The van der Waals surface area contributed by atoms with Crippen molar-refractivity contribution in [1.29, 1.82) is 0 Å². The van der Waals surface area contributed by atoms with Crippen LogP contribution in [-0.4, -0.2) is 23.7 Å². The zero-order chi connectivity index (χ0) is 17.5. The lowest BCUT2D eigenvalue weighted by Gasteiger charge is -2.09. The quantitative estimate of drug-likeness (QED) is 0.501. The maximum atomic E-state index is 11.7. The Hall–Kier alpha value is -3.22. The molecule has 7 heteroatoms. The van der Waals surface area contributed by atoms with Crippen molar-refractivity contribution in [3.63, 3.8) is 0 Å². The van der Waals surface area contributed by atoms with Crippen molar-refractivity contribution < 1.29 is 14.5 Å². The molecule has 1 N–H and O–H groups in total. The normalized spacial score (nSPS) is 10.6. The van der Waals surface area contributed by atoms with Gasteiger partial charge in [-0.3, -0.25) is 14.9 Å². The van der Waals surface area contributed by atoms with E-state index in [1.807, 2.05) is 26.0 Å². The van der Waals surface area contributed by atoms with E-state index in [2.05, 4.69) is 10.5 Å². The molecule has 24 heavy (non-hydrogen) atoms. The fourth-order valence-corrected chi connectivity index (χ4v) is 1.99. The molecule has 0 fully saturated rings. The Balaban J connectivity index is 1.92. The van der Waals surface area contributed by atoms with Gasteiger partial charge in [0.1, 0.15) is 5.75 Å². The zero-order valence-electron chi connectivity index (χ0n) is 13.4. The molecule has 2 aromatic carbocycles. The van der Waals surface area contributed by atoms with Crippen LogP contribution in [0.5, 0.6) is 5.75 Å². The maximum absolute atomic E-state index is 11.7. The average molecular weight is 327 g/mol. The second-order valence-electron chi connectivity index (χ2n) is 5.10. The van der Waals surface area contributed by atoms with Crippen LogP contribution in [0.2, 0.25) is 0 Å². The van der Waals surface area contributed by atoms with Gasteiger partial charge in [-0.25, -0.2) is 5.43 Å². The first-order valence-corrected chi connectivity index (χ1v) is 7.23. The van der Waals surface area contributed by atoms with Crippen molar-refractivity contribution in [1.82, 2.24) is 5.43 Å². The van der Waals surface area contributed by atoms with E-state index in [4.69, 9.17) is 4.74 Å². The molecule has 0 saturated carbocycles. The molecule has 0 saturated heterocycles. The molecule has 0 radical (unpaired) electrons. The first-order chi connectivity index (χ1) is 11.5. The summed E-state index contributed by atoms with van der Waals surface area (Å²) in [6.45, 7) is 3.67. The van der Waals surface area contributed by atoms with Crippen molar-refractivity contribution in [2.45, 2.75) is 13.8 Å². The largest absolute Gasteiger partial charge is 0.483 e. The highest BCUT2D eigenvalue weighted by Gasteiger charge is 2.10. The van der Waals surface area contributed by atoms with Crippen LogP contribution in [0.3, 0.4) is 0 Å². The topological polar surface area (TPSA) is 93.8 Å². The molecule has 7 nitrogen and oxygen atoms in total. The van der Waals surface area contributed by atoms with E-state index < -0.39 is 10.8 Å². The van der Waals surface area contributed by atoms with Crippen molar-refractivity contribution in [3.8, 4) is 5.75 Å². The third kappa shape index (κ3) is 4.39. The van der Waals surface area contributed by atoms with Crippen molar-refractivity contribution in [3.05, 3.63) is 69.3 Å². The Labute approximate surface area is 139 Å². The van der Waals surface area contributed by atoms with Crippen LogP contribution < -0.4 is 10.2 Å². The number of aryl methyl sites for hydroxylation is 1. The van der Waals surface area contributed by atoms with E-state index >= 15 is 0 Å². The van der Waals surface area contributed by atoms with Gasteiger partial charge in [0.2, 0.25) is 0 Å². The number of carbonyl (C=O) groups is 1. The van der Waals surface area contributed by atoms with Gasteiger partial charge >= 0.3 is 0 Å². The summed E-state index contributed by atoms with van der Waals surface area (Å²) in [4.78, 5) is 22.1. The number of rotatable bonds is 6. The molecule has 0 aliphatic heterocycles. The average Bonchev–Trinajstić information content (AvgIpc) is 2.56. The number of carbonyl (C=O) groups excluding carboxylic acids is 1. The second-order valence-corrected chi connectivity index (χ2v) is 5.10. The van der Waals surface area contributed by atoms with Crippen molar-refractivity contribution in [2.24, 2.45) is 5.10 Å². The van der Waals surface area contributed by atoms with Crippen LogP contribution in [0.15, 0.2) is 47.6 Å². The van der Waals surface area contributed by atoms with Gasteiger partial charge in [0.25, 0.3) is 11.6 Å². The zero-order valence-corrected chi connectivity index (χ0v) is 13.4. The molecule has 0 spiro atoms. The van der Waals surface area contributed by atoms with E-state index in [-0.39, 0.29) is 12.3 Å². The van der Waals surface area contributed by atoms with E-state index in [9.17, 15) is 14.9 Å². The highest BCUT2D eigenvalue weighted by Crippen LogP contribution is 2.20. The Morgan fingerprint density at radius 3 is 2.75 bits per heavy atom. The molecule has 124 valence electrons. The minimum Gasteiger partial charge on any atom is -0.483 e. The third-order valence-electron chi connectivity index (χ3n) is 3.44. The predicted molar refractivity (Wildman–Crippen MR) is 90.2 cm³/mol. The predicted octanol–water partition coefficient (Wildman–Crippen LogP) is 2.74. The highest BCUT2D eigenvalue weighted by molar-refractivity contribution is 5.86. The van der Waals surface area contributed by atoms with Crippen LogP contribution in [0.4, 0.5) is 5.69 Å². The van der Waals surface area contributed by atoms with E-state index in [1.165, 1.54) is 12.3 Å². The number of hydrogen-bond donors (Lipinski definition) is 1. The third-order valence-corrected chi connectivity index (χ3v) is 3.44. The number of hydrogen-bond acceptors (Lipinski definition) is 5. The second kappa shape index (κ2) is 7.87. The maximum Gasteiger partial charge on any atom is 0.278 e. The fraction of sp³-hybridized carbons (Fsp3) is 0.176. The van der Waals surface area contributed by atoms with Gasteiger partial charge in [-0.15, -0.1) is 0 Å². The number of nitrogens with zero attached hydrogens (tertiary/aromatic N) is 2. The van der Waals surface area contributed by atoms with Crippen LogP contribution >= 0.6 is 0 Å². The number of amides is 1. The minimum absolute atomic E-state index is 0.0814. The van der Waals surface area contributed by atoms with Gasteiger partial charge in [0, 0.05) is 6.07 Å². The smallest absolute Gasteiger partial charge is 0.278 e. The summed E-state index contributed by atoms with van der Waals surface area (Å²) in [6, 6.07) is 11.7. The summed E-state index contributed by atoms with van der Waals surface area (Å²) in [5.41, 5.74) is 4.55. The number of ether oxygens (including phenoxy) is 1. The fourth-order valence-electron chi connectivity index (χ4n) is 1.99. The number of para-hydroxylation sites is 1. The molecular formula is C17H17N3O4. The van der Waals surface area contributed by atoms with Gasteiger partial charge in [0.15, 0.2) is 6.61 Å². The molecule has 0 aliphatic carbocycles. The molecule has 0 aliphatic rings. The number of hydrazone groups is 1. The van der Waals surface area contributed by atoms with Crippen molar-refractivity contribution in [2.75, 3.05) is 6.61 Å². The standard InChI is InChI=1S/C17H17N3O4/c1-12-6-5-9-16(13(12)2)24-11-17(21)19-18-10-14-7-3-4-8-15(14)20(22)23/h3-10H,11H2,1-2H3,(H,19,21)/b18-10+. The minimum atomic E-state index is -0.507. The van der Waals surface area contributed by atoms with Crippen molar-refractivity contribution >= 4 is 17.8 Å². The molecule has 0 atom stereocenters. The molecule has 0 heterocycles. The van der Waals surface area contributed by atoms with E-state index in [1.54, 1.807) is 24.3 Å². The van der Waals surface area contributed by atoms with Crippen LogP contribution in [0.1, 0.15) is 16.7 Å². The molecule has 0 unspecified atom stereocenters. The van der Waals surface area contributed by atoms with E-state index in [0.29, 0.717) is 11.3 Å². The summed E-state index contributed by atoms with van der Waals surface area (Å²) >= 11 is 0. The first kappa shape index (κ1) is 17.1. The van der Waals surface area contributed by atoms with Gasteiger partial charge < -0.3 is 4.74 Å². The Morgan fingerprint density at radius 1 is 1.25 bits per heavy atom. The molecule has 2 aromatic rings. The molecular weight excluding hydrogens is 310 g/mol. The van der Waals surface area contributed by atoms with Gasteiger partial charge in [-0.05, 0) is 37.1 Å². The molecule has 0 bridgehead atoms. The molecule has 2 rings (SSSR count). The van der Waals surface area contributed by atoms with E-state index in [0.717, 1.165) is 11.1 Å². The van der Waals surface area contributed by atoms with Crippen LogP contribution in [-0.2, 0) is 4.79 Å². The summed E-state index contributed by atoms with van der Waals surface area (Å²) in [6.07, 6.45) is 1.23. The lowest BCUT2D eigenvalue weighted by Crippen LogP contribution is -2.24. The van der Waals surface area contributed by atoms with Crippen LogP contribution in [0.25, 0.3) is 0 Å². The highest BCUT2D eigenvalue weighted by atomic mass is 16.6. The summed E-state index contributed by atoms with van der Waals surface area (Å²) in [5, 5.41) is 14.6. The lowest BCUT2D eigenvalue weighted by molar-refractivity contribution is -0.385. The first-order valence-electron chi connectivity index (χ1n) is 7.23. The number of nitro groups is 1. The number of nitro benzene ring substituents is 1. The van der Waals surface area contributed by atoms with Gasteiger partial charge in [-0.2, -0.15) is 5.10 Å². The SMILES string of the molecule is Cc1cccc(OCC(=O)N/N=C/c2ccccc2[N+](=O)[O-])c1C. The Kier molecular flexibility index (Phi) is 5.62. The van der Waals surface area contributed by atoms with Gasteiger partial charge in [0.05, 0.1) is 16.7 Å². The van der Waals surface area contributed by atoms with Gasteiger partial charge in [-0.1, -0.05) is 24.3 Å². The van der Waals surface area contributed by atoms with Crippen LogP contribution in [0, 0.1) is 24.0 Å². The lowest BCUT2D eigenvalue weighted by atomic mass is 10.1. The molecule has 1 amide bonds. The summed E-state index contributed by atoms with van der Waals surface area (Å²) in [7, 11) is 0. The summed E-state index contributed by atoms with van der Waals surface area (Å²) in [5.74, 6) is 0.179. The number of nitrogens with one attached hydrogen (secondary N) is 1.